The van der Waals surface area contributed by atoms with Gasteiger partial charge in [-0.05, 0) is 24.1 Å². The maximum absolute atomic E-state index is 11.7. The number of H-pyrrole nitrogens is 1. The number of hydrogen-bond acceptors (Lipinski definition) is 2. The van der Waals surface area contributed by atoms with Crippen LogP contribution >= 0.6 is 12.4 Å². The van der Waals surface area contributed by atoms with E-state index in [1.165, 1.54) is 0 Å². The van der Waals surface area contributed by atoms with E-state index in [-0.39, 0.29) is 18.1 Å². The van der Waals surface area contributed by atoms with Gasteiger partial charge in [-0.3, -0.25) is 4.57 Å². The maximum Gasteiger partial charge on any atom is 0.326 e. The van der Waals surface area contributed by atoms with Crippen LogP contribution in [0.1, 0.15) is 13.8 Å². The molecular formula is C11H16ClN3O. The number of halogens is 1. The third kappa shape index (κ3) is 2.22. The van der Waals surface area contributed by atoms with Gasteiger partial charge in [0.25, 0.3) is 0 Å². The highest BCUT2D eigenvalue weighted by atomic mass is 35.5. The highest BCUT2D eigenvalue weighted by Crippen LogP contribution is 2.15. The van der Waals surface area contributed by atoms with E-state index >= 15 is 0 Å². The van der Waals surface area contributed by atoms with Crippen molar-refractivity contribution in [2.45, 2.75) is 20.4 Å². The lowest BCUT2D eigenvalue weighted by molar-refractivity contribution is 0.522. The Morgan fingerprint density at radius 1 is 1.44 bits per heavy atom. The minimum absolute atomic E-state index is 0. The number of nitrogen functional groups attached to an aromatic ring is 1. The van der Waals surface area contributed by atoms with E-state index in [1.54, 1.807) is 10.6 Å². The first-order chi connectivity index (χ1) is 7.08. The van der Waals surface area contributed by atoms with Crippen molar-refractivity contribution >= 4 is 29.1 Å². The number of aromatic amines is 1. The van der Waals surface area contributed by atoms with E-state index in [2.05, 4.69) is 18.8 Å². The van der Waals surface area contributed by atoms with Crippen LogP contribution < -0.4 is 11.4 Å². The molecule has 0 aliphatic heterocycles. The third-order valence-corrected chi connectivity index (χ3v) is 2.35. The molecule has 16 heavy (non-hydrogen) atoms. The zero-order chi connectivity index (χ0) is 11.0. The Balaban J connectivity index is 0.00000128. The van der Waals surface area contributed by atoms with Gasteiger partial charge in [-0.2, -0.15) is 0 Å². The lowest BCUT2D eigenvalue weighted by atomic mass is 10.2. The molecule has 0 unspecified atom stereocenters. The van der Waals surface area contributed by atoms with Gasteiger partial charge in [0, 0.05) is 12.2 Å². The van der Waals surface area contributed by atoms with Crippen LogP contribution in [0.4, 0.5) is 5.69 Å². The predicted octanol–water partition coefficient (Wildman–Crippen LogP) is 1.99. The van der Waals surface area contributed by atoms with Gasteiger partial charge in [-0.25, -0.2) is 4.79 Å². The van der Waals surface area contributed by atoms with E-state index in [9.17, 15) is 4.79 Å². The van der Waals surface area contributed by atoms with Crippen molar-refractivity contribution in [3.63, 3.8) is 0 Å². The Morgan fingerprint density at radius 3 is 2.75 bits per heavy atom. The normalized spacial score (nSPS) is 10.7. The first-order valence-electron chi connectivity index (χ1n) is 5.06. The molecule has 1 aromatic heterocycles. The molecule has 0 saturated carbocycles. The summed E-state index contributed by atoms with van der Waals surface area (Å²) in [6.07, 6.45) is 0. The predicted molar refractivity (Wildman–Crippen MR) is 69.1 cm³/mol. The largest absolute Gasteiger partial charge is 0.399 e. The van der Waals surface area contributed by atoms with Gasteiger partial charge in [0.05, 0.1) is 11.0 Å². The molecule has 0 spiro atoms. The van der Waals surface area contributed by atoms with Crippen molar-refractivity contribution < 1.29 is 0 Å². The van der Waals surface area contributed by atoms with Crippen molar-refractivity contribution in [2.24, 2.45) is 5.92 Å². The fourth-order valence-corrected chi connectivity index (χ4v) is 1.72. The van der Waals surface area contributed by atoms with Crippen molar-refractivity contribution in [1.82, 2.24) is 9.55 Å². The highest BCUT2D eigenvalue weighted by Gasteiger charge is 2.07. The van der Waals surface area contributed by atoms with Crippen LogP contribution in [-0.4, -0.2) is 9.55 Å². The molecule has 0 saturated heterocycles. The number of nitrogens with two attached hydrogens (primary N) is 1. The summed E-state index contributed by atoms with van der Waals surface area (Å²) in [5.41, 5.74) is 8.04. The van der Waals surface area contributed by atoms with Crippen molar-refractivity contribution in [3.05, 3.63) is 28.7 Å². The summed E-state index contributed by atoms with van der Waals surface area (Å²) in [5.74, 6) is 0.433. The molecule has 0 atom stereocenters. The molecule has 3 N–H and O–H groups in total. The lowest BCUT2D eigenvalue weighted by Gasteiger charge is -2.06. The Labute approximate surface area is 99.9 Å². The summed E-state index contributed by atoms with van der Waals surface area (Å²) in [4.78, 5) is 14.5. The van der Waals surface area contributed by atoms with Gasteiger partial charge in [0.1, 0.15) is 0 Å². The molecule has 0 aliphatic carbocycles. The first-order valence-corrected chi connectivity index (χ1v) is 5.06. The molecular weight excluding hydrogens is 226 g/mol. The maximum atomic E-state index is 11.7. The van der Waals surface area contributed by atoms with E-state index in [0.29, 0.717) is 18.2 Å². The van der Waals surface area contributed by atoms with Gasteiger partial charge >= 0.3 is 5.69 Å². The topological polar surface area (TPSA) is 63.8 Å². The Bertz CT molecular complexity index is 542. The van der Waals surface area contributed by atoms with Crippen LogP contribution in [0.15, 0.2) is 23.0 Å². The molecule has 1 aromatic carbocycles. The monoisotopic (exact) mass is 241 g/mol. The van der Waals surface area contributed by atoms with Crippen LogP contribution in [0.2, 0.25) is 0 Å². The number of anilines is 1. The minimum atomic E-state index is -0.0655. The number of nitrogens with zero attached hydrogens (tertiary/aromatic N) is 1. The van der Waals surface area contributed by atoms with E-state index in [0.717, 1.165) is 11.0 Å². The Morgan fingerprint density at radius 2 is 2.12 bits per heavy atom. The Hall–Kier alpha value is -1.42. The summed E-state index contributed by atoms with van der Waals surface area (Å²) in [7, 11) is 0. The molecule has 0 radical (unpaired) electrons. The molecule has 1 heterocycles. The number of benzene rings is 1. The molecule has 88 valence electrons. The van der Waals surface area contributed by atoms with E-state index < -0.39 is 0 Å². The van der Waals surface area contributed by atoms with Crippen LogP contribution in [-0.2, 0) is 6.54 Å². The van der Waals surface area contributed by atoms with Crippen LogP contribution in [0.25, 0.3) is 11.0 Å². The number of nitrogens with one attached hydrogen (secondary N) is 1. The van der Waals surface area contributed by atoms with Crippen LogP contribution in [0.5, 0.6) is 0 Å². The first kappa shape index (κ1) is 12.6. The number of aromatic nitrogens is 2. The third-order valence-electron chi connectivity index (χ3n) is 2.35. The zero-order valence-electron chi connectivity index (χ0n) is 9.36. The SMILES string of the molecule is CC(C)Cn1c(=O)[nH]c2ccc(N)cc21.Cl. The zero-order valence-corrected chi connectivity index (χ0v) is 10.2. The summed E-state index contributed by atoms with van der Waals surface area (Å²) < 4.78 is 1.73. The average molecular weight is 242 g/mol. The molecule has 0 fully saturated rings. The molecule has 2 aromatic rings. The average Bonchev–Trinajstić information content (AvgIpc) is 2.43. The highest BCUT2D eigenvalue weighted by molar-refractivity contribution is 5.85. The second kappa shape index (κ2) is 4.61. The molecule has 0 aliphatic rings. The van der Waals surface area contributed by atoms with Gasteiger partial charge in [-0.1, -0.05) is 13.8 Å². The van der Waals surface area contributed by atoms with Gasteiger partial charge in [0.2, 0.25) is 0 Å². The molecule has 5 heteroatoms. The van der Waals surface area contributed by atoms with Crippen LogP contribution in [0, 0.1) is 5.92 Å². The minimum Gasteiger partial charge on any atom is -0.399 e. The van der Waals surface area contributed by atoms with Gasteiger partial charge in [-0.15, -0.1) is 12.4 Å². The van der Waals surface area contributed by atoms with Crippen LogP contribution in [0.3, 0.4) is 0 Å². The smallest absolute Gasteiger partial charge is 0.326 e. The van der Waals surface area contributed by atoms with Gasteiger partial charge < -0.3 is 10.7 Å². The van der Waals surface area contributed by atoms with Crippen molar-refractivity contribution in [3.8, 4) is 0 Å². The number of hydrogen-bond donors (Lipinski definition) is 2. The summed E-state index contributed by atoms with van der Waals surface area (Å²) >= 11 is 0. The second-order valence-corrected chi connectivity index (χ2v) is 4.21. The molecule has 0 amide bonds. The summed E-state index contributed by atoms with van der Waals surface area (Å²) in [6, 6.07) is 5.45. The van der Waals surface area contributed by atoms with Crippen molar-refractivity contribution in [1.29, 1.82) is 0 Å². The second-order valence-electron chi connectivity index (χ2n) is 4.21. The lowest BCUT2D eigenvalue weighted by Crippen LogP contribution is -2.19. The Kier molecular flexibility index (Phi) is 3.65. The number of imidazole rings is 1. The van der Waals surface area contributed by atoms with Crippen molar-refractivity contribution in [2.75, 3.05) is 5.73 Å². The molecule has 4 nitrogen and oxygen atoms in total. The summed E-state index contributed by atoms with van der Waals surface area (Å²) in [6.45, 7) is 4.87. The summed E-state index contributed by atoms with van der Waals surface area (Å²) in [5, 5.41) is 0. The van der Waals surface area contributed by atoms with Gasteiger partial charge in [0.15, 0.2) is 0 Å². The van der Waals surface area contributed by atoms with E-state index in [1.807, 2.05) is 12.1 Å². The fraction of sp³-hybridized carbons (Fsp3) is 0.364. The number of rotatable bonds is 2. The molecule has 2 rings (SSSR count). The fourth-order valence-electron chi connectivity index (χ4n) is 1.72. The quantitative estimate of drug-likeness (QED) is 0.790. The van der Waals surface area contributed by atoms with E-state index in [4.69, 9.17) is 5.73 Å². The standard InChI is InChI=1S/C11H15N3O.ClH/c1-7(2)6-14-10-5-8(12)3-4-9(10)13-11(14)15;/h3-5,7H,6,12H2,1-2H3,(H,13,15);1H. The molecule has 0 bridgehead atoms. The number of fused-ring (bicyclic) bond motifs is 1.